The zero-order valence-corrected chi connectivity index (χ0v) is 12.1. The summed E-state index contributed by atoms with van der Waals surface area (Å²) in [5, 5.41) is 5.49. The molecule has 0 spiro atoms. The number of rotatable bonds is 5. The Morgan fingerprint density at radius 3 is 2.79 bits per heavy atom. The van der Waals surface area contributed by atoms with Crippen LogP contribution < -0.4 is 11.3 Å². The molecular weight excluding hydrogens is 283 g/mol. The number of nitrogens with zero attached hydrogens (tertiary/aromatic N) is 2. The quantitative estimate of drug-likeness (QED) is 0.658. The first kappa shape index (κ1) is 14.3. The summed E-state index contributed by atoms with van der Waals surface area (Å²) in [7, 11) is 0. The topological polar surface area (TPSA) is 55.9 Å². The highest BCUT2D eigenvalue weighted by molar-refractivity contribution is 6.35. The van der Waals surface area contributed by atoms with Gasteiger partial charge in [0.2, 0.25) is 0 Å². The molecule has 2 aromatic rings. The second kappa shape index (κ2) is 6.39. The lowest BCUT2D eigenvalue weighted by Gasteiger charge is -2.19. The smallest absolute Gasteiger partial charge is 0.0892 e. The predicted molar refractivity (Wildman–Crippen MR) is 78.1 cm³/mol. The van der Waals surface area contributed by atoms with Gasteiger partial charge in [0.25, 0.3) is 0 Å². The van der Waals surface area contributed by atoms with Crippen LogP contribution in [0.2, 0.25) is 10.0 Å². The van der Waals surface area contributed by atoms with Gasteiger partial charge in [-0.15, -0.1) is 0 Å². The maximum absolute atomic E-state index is 6.24. The number of hydrazine groups is 1. The molecule has 0 bridgehead atoms. The molecule has 2 rings (SSSR count). The lowest BCUT2D eigenvalue weighted by atomic mass is 10.0. The third-order valence-corrected chi connectivity index (χ3v) is 3.48. The second-order valence-corrected chi connectivity index (χ2v) is 5.09. The maximum atomic E-state index is 6.24. The van der Waals surface area contributed by atoms with Crippen LogP contribution in [0.25, 0.3) is 0 Å². The average molecular weight is 299 g/mol. The molecule has 19 heavy (non-hydrogen) atoms. The molecule has 0 radical (unpaired) electrons. The molecule has 0 aliphatic rings. The highest BCUT2D eigenvalue weighted by Gasteiger charge is 2.19. The normalized spacial score (nSPS) is 12.6. The molecule has 1 heterocycles. The minimum atomic E-state index is -0.209. The summed E-state index contributed by atoms with van der Waals surface area (Å²) in [5.41, 5.74) is 4.65. The highest BCUT2D eigenvalue weighted by atomic mass is 35.5. The Kier molecular flexibility index (Phi) is 4.82. The Labute approximate surface area is 122 Å². The highest BCUT2D eigenvalue weighted by Crippen LogP contribution is 2.29. The Bertz CT molecular complexity index is 553. The number of halogens is 2. The van der Waals surface area contributed by atoms with Crippen molar-refractivity contribution in [2.75, 3.05) is 0 Å². The Balaban J connectivity index is 2.41. The Morgan fingerprint density at radius 1 is 1.37 bits per heavy atom. The van der Waals surface area contributed by atoms with Gasteiger partial charge in [-0.25, -0.2) is 5.43 Å². The van der Waals surface area contributed by atoms with E-state index < -0.39 is 0 Å². The van der Waals surface area contributed by atoms with Crippen molar-refractivity contribution in [1.29, 1.82) is 0 Å². The predicted octanol–water partition coefficient (Wildman–Crippen LogP) is 3.15. The van der Waals surface area contributed by atoms with Crippen LogP contribution in [0.3, 0.4) is 0 Å². The third-order valence-electron chi connectivity index (χ3n) is 2.92. The zero-order valence-electron chi connectivity index (χ0n) is 10.6. The van der Waals surface area contributed by atoms with Gasteiger partial charge in [-0.3, -0.25) is 10.5 Å². The first-order valence-electron chi connectivity index (χ1n) is 6.10. The zero-order chi connectivity index (χ0) is 13.8. The maximum Gasteiger partial charge on any atom is 0.0892 e. The molecule has 4 nitrogen and oxygen atoms in total. The summed E-state index contributed by atoms with van der Waals surface area (Å²) in [4.78, 5) is 0. The molecule has 1 aromatic carbocycles. The van der Waals surface area contributed by atoms with Crippen LogP contribution in [0.15, 0.2) is 30.5 Å². The SMILES string of the molecule is CCCn1nccc1C(NN)c1ccc(Cl)cc1Cl. The molecule has 0 saturated carbocycles. The van der Waals surface area contributed by atoms with E-state index in [2.05, 4.69) is 17.4 Å². The van der Waals surface area contributed by atoms with Crippen LogP contribution >= 0.6 is 23.2 Å². The van der Waals surface area contributed by atoms with E-state index in [0.29, 0.717) is 10.0 Å². The summed E-state index contributed by atoms with van der Waals surface area (Å²) in [6, 6.07) is 7.11. The number of benzene rings is 1. The third kappa shape index (κ3) is 3.09. The van der Waals surface area contributed by atoms with E-state index in [-0.39, 0.29) is 6.04 Å². The minimum absolute atomic E-state index is 0.209. The Hall–Kier alpha value is -1.07. The van der Waals surface area contributed by atoms with Gasteiger partial charge >= 0.3 is 0 Å². The average Bonchev–Trinajstić information content (AvgIpc) is 2.82. The first-order chi connectivity index (χ1) is 9.17. The van der Waals surface area contributed by atoms with Crippen molar-refractivity contribution >= 4 is 23.2 Å². The van der Waals surface area contributed by atoms with Gasteiger partial charge in [0, 0.05) is 22.8 Å². The fraction of sp³-hybridized carbons (Fsp3) is 0.308. The van der Waals surface area contributed by atoms with Crippen molar-refractivity contribution in [1.82, 2.24) is 15.2 Å². The van der Waals surface area contributed by atoms with Crippen LogP contribution in [0.5, 0.6) is 0 Å². The summed E-state index contributed by atoms with van der Waals surface area (Å²) in [6.45, 7) is 2.94. The van der Waals surface area contributed by atoms with Crippen molar-refractivity contribution in [2.45, 2.75) is 25.9 Å². The standard InChI is InChI=1S/C13H16Cl2N4/c1-2-7-19-12(5-6-17-19)13(18-16)10-4-3-9(14)8-11(10)15/h3-6,8,13,18H,2,7,16H2,1H3. The molecule has 0 fully saturated rings. The van der Waals surface area contributed by atoms with Crippen molar-refractivity contribution in [3.8, 4) is 0 Å². The van der Waals surface area contributed by atoms with E-state index in [1.54, 1.807) is 18.3 Å². The monoisotopic (exact) mass is 298 g/mol. The van der Waals surface area contributed by atoms with Crippen LogP contribution in [0.4, 0.5) is 0 Å². The lowest BCUT2D eigenvalue weighted by Crippen LogP contribution is -2.31. The summed E-state index contributed by atoms with van der Waals surface area (Å²) in [6.07, 6.45) is 2.76. The molecule has 6 heteroatoms. The number of hydrogen-bond donors (Lipinski definition) is 2. The van der Waals surface area contributed by atoms with Crippen LogP contribution in [-0.2, 0) is 6.54 Å². The van der Waals surface area contributed by atoms with Gasteiger partial charge < -0.3 is 0 Å². The molecule has 1 atom stereocenters. The van der Waals surface area contributed by atoms with Crippen LogP contribution in [0.1, 0.15) is 30.6 Å². The summed E-state index contributed by atoms with van der Waals surface area (Å²) >= 11 is 12.2. The molecule has 0 aliphatic heterocycles. The van der Waals surface area contributed by atoms with E-state index in [1.807, 2.05) is 16.8 Å². The van der Waals surface area contributed by atoms with Crippen molar-refractivity contribution in [3.05, 3.63) is 51.8 Å². The van der Waals surface area contributed by atoms with Crippen molar-refractivity contribution in [3.63, 3.8) is 0 Å². The van der Waals surface area contributed by atoms with Gasteiger partial charge in [0.05, 0.1) is 11.7 Å². The molecular formula is C13H16Cl2N4. The molecule has 3 N–H and O–H groups in total. The van der Waals surface area contributed by atoms with Gasteiger partial charge in [0.1, 0.15) is 0 Å². The fourth-order valence-electron chi connectivity index (χ4n) is 2.06. The van der Waals surface area contributed by atoms with Gasteiger partial charge in [0.15, 0.2) is 0 Å². The van der Waals surface area contributed by atoms with E-state index in [4.69, 9.17) is 29.0 Å². The van der Waals surface area contributed by atoms with Gasteiger partial charge in [-0.1, -0.05) is 36.2 Å². The minimum Gasteiger partial charge on any atom is -0.271 e. The van der Waals surface area contributed by atoms with Crippen molar-refractivity contribution in [2.24, 2.45) is 5.84 Å². The van der Waals surface area contributed by atoms with Crippen molar-refractivity contribution < 1.29 is 0 Å². The summed E-state index contributed by atoms with van der Waals surface area (Å²) < 4.78 is 1.93. The number of hydrogen-bond acceptors (Lipinski definition) is 3. The molecule has 1 aromatic heterocycles. The van der Waals surface area contributed by atoms with Gasteiger partial charge in [-0.05, 0) is 30.2 Å². The first-order valence-corrected chi connectivity index (χ1v) is 6.85. The Morgan fingerprint density at radius 2 is 2.16 bits per heavy atom. The molecule has 0 aliphatic carbocycles. The number of aromatic nitrogens is 2. The van der Waals surface area contributed by atoms with Gasteiger partial charge in [-0.2, -0.15) is 5.10 Å². The molecule has 1 unspecified atom stereocenters. The molecule has 0 amide bonds. The number of nitrogens with two attached hydrogens (primary N) is 1. The second-order valence-electron chi connectivity index (χ2n) is 4.24. The van der Waals surface area contributed by atoms with Crippen LogP contribution in [0, 0.1) is 0 Å². The largest absolute Gasteiger partial charge is 0.271 e. The fourth-order valence-corrected chi connectivity index (χ4v) is 2.57. The summed E-state index contributed by atoms with van der Waals surface area (Å²) in [5.74, 6) is 5.69. The molecule has 0 saturated heterocycles. The number of aryl methyl sites for hydroxylation is 1. The van der Waals surface area contributed by atoms with E-state index >= 15 is 0 Å². The molecule has 102 valence electrons. The number of nitrogens with one attached hydrogen (secondary N) is 1. The van der Waals surface area contributed by atoms with E-state index in [0.717, 1.165) is 24.2 Å². The van der Waals surface area contributed by atoms with E-state index in [9.17, 15) is 0 Å². The van der Waals surface area contributed by atoms with E-state index in [1.165, 1.54) is 0 Å². The lowest BCUT2D eigenvalue weighted by molar-refractivity contribution is 0.521. The van der Waals surface area contributed by atoms with Crippen LogP contribution in [-0.4, -0.2) is 9.78 Å².